The maximum absolute atomic E-state index is 5.18. The third-order valence-corrected chi connectivity index (χ3v) is 1.56. The van der Waals surface area contributed by atoms with Crippen molar-refractivity contribution in [2.45, 2.75) is 0 Å². The molecule has 2 aromatic carbocycles. The van der Waals surface area contributed by atoms with Crippen LogP contribution in [0.1, 0.15) is 0 Å². The first-order chi connectivity index (χ1) is 6.93. The molecule has 0 bridgehead atoms. The van der Waals surface area contributed by atoms with Crippen LogP contribution in [0, 0.1) is 0 Å². The van der Waals surface area contributed by atoms with Gasteiger partial charge in [-0.1, -0.05) is 12.7 Å². The van der Waals surface area contributed by atoms with E-state index in [-0.39, 0.29) is 51.0 Å². The van der Waals surface area contributed by atoms with E-state index in [1.807, 2.05) is 54.6 Å². The van der Waals surface area contributed by atoms with E-state index >= 15 is 0 Å². The molecule has 2 aromatic rings. The number of rotatable bonds is 3. The summed E-state index contributed by atoms with van der Waals surface area (Å²) in [7, 11) is 0. The van der Waals surface area contributed by atoms with Crippen LogP contribution >= 0.6 is 0 Å². The summed E-state index contributed by atoms with van der Waals surface area (Å²) in [6.07, 6.45) is 1.73. The van der Waals surface area contributed by atoms with E-state index in [2.05, 4.69) is 6.58 Å². The third-order valence-electron chi connectivity index (χ3n) is 1.56. The summed E-state index contributed by atoms with van der Waals surface area (Å²) < 4.78 is 5.18. The summed E-state index contributed by atoms with van der Waals surface area (Å²) in [4.78, 5) is 0. The minimum atomic E-state index is 0. The third kappa shape index (κ3) is 12.0. The molecule has 17 heavy (non-hydrogen) atoms. The largest absolute Gasteiger partial charge is 4.00 e. The maximum Gasteiger partial charge on any atom is 4.00 e. The molecule has 0 saturated heterocycles. The molecular formula is C13H14Cl2OZr. The van der Waals surface area contributed by atoms with E-state index in [0.717, 1.165) is 5.75 Å². The zero-order valence-corrected chi connectivity index (χ0v) is 13.3. The van der Waals surface area contributed by atoms with Gasteiger partial charge in [0.1, 0.15) is 0 Å². The molecule has 2 rings (SSSR count). The number of hydrogen-bond acceptors (Lipinski definition) is 1. The monoisotopic (exact) mass is 346 g/mol. The second-order valence-corrected chi connectivity index (χ2v) is 2.68. The van der Waals surface area contributed by atoms with Crippen molar-refractivity contribution in [3.05, 3.63) is 67.3 Å². The summed E-state index contributed by atoms with van der Waals surface area (Å²) >= 11 is 0. The van der Waals surface area contributed by atoms with E-state index in [4.69, 9.17) is 4.74 Å². The summed E-state index contributed by atoms with van der Waals surface area (Å²) in [5, 5.41) is 0. The minimum absolute atomic E-state index is 0. The van der Waals surface area contributed by atoms with Crippen molar-refractivity contribution in [2.75, 3.05) is 6.61 Å². The Bertz CT molecular complexity index is 300. The van der Waals surface area contributed by atoms with Gasteiger partial charge in [-0.15, -0.1) is 12.1 Å². The average molecular weight is 348 g/mol. The Morgan fingerprint density at radius 2 is 1.59 bits per heavy atom. The molecule has 0 aliphatic rings. The van der Waals surface area contributed by atoms with Gasteiger partial charge in [0.05, 0.1) is 6.61 Å². The van der Waals surface area contributed by atoms with Crippen LogP contribution in [-0.4, -0.2) is 6.61 Å². The predicted molar refractivity (Wildman–Crippen MR) is 59.8 cm³/mol. The molecule has 0 aromatic heterocycles. The second-order valence-electron chi connectivity index (χ2n) is 2.68. The first-order valence-electron chi connectivity index (χ1n) is 4.55. The molecular weight excluding hydrogens is 334 g/mol. The van der Waals surface area contributed by atoms with Crippen molar-refractivity contribution in [3.63, 3.8) is 0 Å². The zero-order chi connectivity index (χ0) is 10.1. The Hall–Kier alpha value is -0.297. The molecule has 0 atom stereocenters. The molecule has 0 spiro atoms. The minimum Gasteiger partial charge on any atom is -1.00 e. The van der Waals surface area contributed by atoms with E-state index in [0.29, 0.717) is 6.61 Å². The molecule has 0 amide bonds. The smallest absolute Gasteiger partial charge is 1.00 e. The molecule has 90 valence electrons. The van der Waals surface area contributed by atoms with Gasteiger partial charge in [-0.05, 0) is 0 Å². The van der Waals surface area contributed by atoms with Gasteiger partial charge in [-0.2, -0.15) is 18.2 Å². The predicted octanol–water partition coefficient (Wildman–Crippen LogP) is -2.62. The van der Waals surface area contributed by atoms with Gasteiger partial charge >= 0.3 is 26.2 Å². The van der Waals surface area contributed by atoms with E-state index in [9.17, 15) is 0 Å². The molecule has 0 fully saturated rings. The molecule has 4 heteroatoms. The van der Waals surface area contributed by atoms with Crippen LogP contribution in [0.15, 0.2) is 67.3 Å². The maximum atomic E-state index is 5.18. The second kappa shape index (κ2) is 15.7. The molecule has 0 saturated carbocycles. The normalized spacial score (nSPS) is 7.06. The van der Waals surface area contributed by atoms with Crippen LogP contribution in [0.2, 0.25) is 0 Å². The van der Waals surface area contributed by atoms with Crippen molar-refractivity contribution in [2.24, 2.45) is 0 Å². The quantitative estimate of drug-likeness (QED) is 0.436. The van der Waals surface area contributed by atoms with Gasteiger partial charge in [0.15, 0.2) is 0 Å². The van der Waals surface area contributed by atoms with Gasteiger partial charge in [-0.25, -0.2) is 24.3 Å². The van der Waals surface area contributed by atoms with E-state index in [1.54, 1.807) is 6.08 Å². The van der Waals surface area contributed by atoms with E-state index in [1.165, 1.54) is 0 Å². The van der Waals surface area contributed by atoms with Crippen molar-refractivity contribution in [1.29, 1.82) is 0 Å². The fourth-order valence-electron chi connectivity index (χ4n) is 0.928. The average Bonchev–Trinajstić information content (AvgIpc) is 2.90. The van der Waals surface area contributed by atoms with Gasteiger partial charge in [0.2, 0.25) is 0 Å². The van der Waals surface area contributed by atoms with Crippen LogP contribution in [0.3, 0.4) is 0 Å². The van der Waals surface area contributed by atoms with Crippen molar-refractivity contribution < 1.29 is 55.8 Å². The van der Waals surface area contributed by atoms with Crippen LogP contribution < -0.4 is 29.6 Å². The Morgan fingerprint density at radius 1 is 1.06 bits per heavy atom. The van der Waals surface area contributed by atoms with Gasteiger partial charge in [0.25, 0.3) is 0 Å². The van der Waals surface area contributed by atoms with Crippen LogP contribution in [0.4, 0.5) is 0 Å². The summed E-state index contributed by atoms with van der Waals surface area (Å²) in [5.41, 5.74) is 0. The standard InChI is InChI=1S/C8H9O.C5H5.2ClH.Zr/c1-2-7-9-8-5-3-4-6-8;1-2-4-5-3-1;;;/h2-6H,1,7H2;1-5H;2*1H;/q2*-1;;;+4/p-2. The summed E-state index contributed by atoms with van der Waals surface area (Å²) in [5.74, 6) is 0.912. The fourth-order valence-corrected chi connectivity index (χ4v) is 0.928. The van der Waals surface area contributed by atoms with Crippen LogP contribution in [0.5, 0.6) is 5.75 Å². The molecule has 0 radical (unpaired) electrons. The van der Waals surface area contributed by atoms with Crippen molar-refractivity contribution in [3.8, 4) is 5.75 Å². The zero-order valence-electron chi connectivity index (χ0n) is 9.35. The number of ether oxygens (including phenoxy) is 1. The van der Waals surface area contributed by atoms with Gasteiger partial charge in [-0.3, -0.25) is 0 Å². The first kappa shape index (κ1) is 21.9. The Balaban J connectivity index is -0.000000216. The van der Waals surface area contributed by atoms with E-state index < -0.39 is 0 Å². The SMILES string of the molecule is C=CCO[c-]1cccc1.[Cl-].[Cl-].[Zr+4].c1cc[cH-]c1. The van der Waals surface area contributed by atoms with Crippen LogP contribution in [-0.2, 0) is 26.2 Å². The number of halogens is 2. The Kier molecular flexibility index (Phi) is 20.3. The van der Waals surface area contributed by atoms with Gasteiger partial charge < -0.3 is 29.6 Å². The molecule has 1 nitrogen and oxygen atoms in total. The summed E-state index contributed by atoms with van der Waals surface area (Å²) in [6.45, 7) is 4.12. The van der Waals surface area contributed by atoms with Crippen molar-refractivity contribution in [1.82, 2.24) is 0 Å². The van der Waals surface area contributed by atoms with Crippen LogP contribution in [0.25, 0.3) is 0 Å². The summed E-state index contributed by atoms with van der Waals surface area (Å²) in [6, 6.07) is 17.7. The Morgan fingerprint density at radius 3 is 1.94 bits per heavy atom. The molecule has 0 unspecified atom stereocenters. The molecule has 0 aliphatic carbocycles. The molecule has 0 heterocycles. The number of hydrogen-bond donors (Lipinski definition) is 0. The molecule has 0 N–H and O–H groups in total. The topological polar surface area (TPSA) is 9.23 Å². The fraction of sp³-hybridized carbons (Fsp3) is 0.0769. The van der Waals surface area contributed by atoms with Crippen molar-refractivity contribution >= 4 is 0 Å². The Labute approximate surface area is 135 Å². The first-order valence-corrected chi connectivity index (χ1v) is 4.55. The molecule has 0 aliphatic heterocycles. The van der Waals surface area contributed by atoms with Gasteiger partial charge in [0, 0.05) is 5.75 Å².